The van der Waals surface area contributed by atoms with Gasteiger partial charge in [-0.2, -0.15) is 0 Å². The number of amides is 2. The summed E-state index contributed by atoms with van der Waals surface area (Å²) in [6.45, 7) is 5.70. The number of nitrogens with one attached hydrogen (secondary N) is 1. The fourth-order valence-corrected chi connectivity index (χ4v) is 1.93. The normalized spacial score (nSPS) is 11.2. The first-order chi connectivity index (χ1) is 11.9. The number of hydrogen-bond donors (Lipinski definition) is 2. The molecule has 25 heavy (non-hydrogen) atoms. The molecule has 0 bridgehead atoms. The zero-order chi connectivity index (χ0) is 18.2. The summed E-state index contributed by atoms with van der Waals surface area (Å²) in [5.74, 6) is 7.70. The van der Waals surface area contributed by atoms with Gasteiger partial charge in [0.1, 0.15) is 11.5 Å². The third-order valence-electron chi connectivity index (χ3n) is 2.95. The molecule has 6 heteroatoms. The fourth-order valence-electron chi connectivity index (χ4n) is 1.93. The smallest absolute Gasteiger partial charge is 0.313 e. The van der Waals surface area contributed by atoms with E-state index in [1.165, 1.54) is 0 Å². The molecule has 6 nitrogen and oxygen atoms in total. The third-order valence-corrected chi connectivity index (χ3v) is 2.95. The van der Waals surface area contributed by atoms with E-state index < -0.39 is 6.03 Å². The largest absolute Gasteiger partial charge is 0.491 e. The summed E-state index contributed by atoms with van der Waals surface area (Å²) in [6.07, 6.45) is 1.73. The number of urea groups is 1. The highest BCUT2D eigenvalue weighted by molar-refractivity contribution is 5.72. The molecule has 0 fully saturated rings. The predicted molar refractivity (Wildman–Crippen MR) is 95.6 cm³/mol. The van der Waals surface area contributed by atoms with Crippen molar-refractivity contribution < 1.29 is 14.3 Å². The topological polar surface area (TPSA) is 86.5 Å². The summed E-state index contributed by atoms with van der Waals surface area (Å²) < 4.78 is 11.3. The third kappa shape index (κ3) is 6.43. The van der Waals surface area contributed by atoms with Crippen LogP contribution in [0.5, 0.6) is 17.4 Å². The summed E-state index contributed by atoms with van der Waals surface area (Å²) in [5.41, 5.74) is 5.75. The van der Waals surface area contributed by atoms with Gasteiger partial charge in [0.2, 0.25) is 5.88 Å². The number of aromatic nitrogens is 1. The molecule has 1 aromatic heterocycles. The Morgan fingerprint density at radius 3 is 2.36 bits per heavy atom. The highest BCUT2D eigenvalue weighted by Crippen LogP contribution is 2.23. The van der Waals surface area contributed by atoms with Gasteiger partial charge in [-0.25, -0.2) is 9.78 Å². The molecule has 130 valence electrons. The van der Waals surface area contributed by atoms with Crippen LogP contribution in [0.1, 0.15) is 26.3 Å². The first kappa shape index (κ1) is 18.1. The van der Waals surface area contributed by atoms with Crippen LogP contribution in [0.15, 0.2) is 42.6 Å². The van der Waals surface area contributed by atoms with Crippen LogP contribution in [-0.4, -0.2) is 23.2 Å². The van der Waals surface area contributed by atoms with Crippen LogP contribution in [0.4, 0.5) is 4.79 Å². The second kappa shape index (κ2) is 8.60. The van der Waals surface area contributed by atoms with Gasteiger partial charge in [0.15, 0.2) is 0 Å². The van der Waals surface area contributed by atoms with Crippen molar-refractivity contribution in [3.05, 3.63) is 48.2 Å². The Hall–Kier alpha value is -3.20. The lowest BCUT2D eigenvalue weighted by molar-refractivity contribution is 0.242. The van der Waals surface area contributed by atoms with Crippen LogP contribution < -0.4 is 20.5 Å². The Bertz CT molecular complexity index is 759. The number of nitrogens with two attached hydrogens (primary N) is 1. The molecule has 1 aromatic carbocycles. The minimum absolute atomic E-state index is 0.128. The van der Waals surface area contributed by atoms with Crippen molar-refractivity contribution in [1.29, 1.82) is 0 Å². The van der Waals surface area contributed by atoms with Crippen LogP contribution >= 0.6 is 0 Å². The average Bonchev–Trinajstić information content (AvgIpc) is 2.55. The number of nitrogens with zero attached hydrogens (tertiary/aromatic N) is 1. The van der Waals surface area contributed by atoms with Gasteiger partial charge in [-0.05, 0) is 51.1 Å². The molecule has 0 aliphatic carbocycles. The van der Waals surface area contributed by atoms with Gasteiger partial charge in [0, 0.05) is 17.8 Å². The van der Waals surface area contributed by atoms with E-state index in [0.29, 0.717) is 17.2 Å². The average molecular weight is 339 g/mol. The lowest BCUT2D eigenvalue weighted by atomic mass is 10.2. The SMILES string of the molecule is CC(C#Cc1ccc(Oc2ccc(OC(C)C)cc2)nc1)NC(N)=O. The molecule has 0 aliphatic heterocycles. The Morgan fingerprint density at radius 1 is 1.12 bits per heavy atom. The zero-order valence-corrected chi connectivity index (χ0v) is 14.4. The highest BCUT2D eigenvalue weighted by Gasteiger charge is 2.02. The van der Waals surface area contributed by atoms with Gasteiger partial charge in [-0.1, -0.05) is 11.8 Å². The van der Waals surface area contributed by atoms with E-state index in [-0.39, 0.29) is 12.1 Å². The van der Waals surface area contributed by atoms with E-state index in [1.807, 2.05) is 38.1 Å². The number of ether oxygens (including phenoxy) is 2. The minimum Gasteiger partial charge on any atom is -0.491 e. The molecular formula is C19H21N3O3. The van der Waals surface area contributed by atoms with Gasteiger partial charge >= 0.3 is 6.03 Å². The van der Waals surface area contributed by atoms with Crippen molar-refractivity contribution in [2.24, 2.45) is 5.73 Å². The molecule has 2 aromatic rings. The number of hydrogen-bond acceptors (Lipinski definition) is 4. The van der Waals surface area contributed by atoms with Gasteiger partial charge in [-0.3, -0.25) is 0 Å². The van der Waals surface area contributed by atoms with Gasteiger partial charge in [0.25, 0.3) is 0 Å². The van der Waals surface area contributed by atoms with Crippen LogP contribution in [-0.2, 0) is 0 Å². The second-order valence-corrected chi connectivity index (χ2v) is 5.62. The fraction of sp³-hybridized carbons (Fsp3) is 0.263. The molecular weight excluding hydrogens is 318 g/mol. The Labute approximate surface area is 147 Å². The second-order valence-electron chi connectivity index (χ2n) is 5.62. The van der Waals surface area contributed by atoms with Gasteiger partial charge in [0.05, 0.1) is 12.1 Å². The Kier molecular flexibility index (Phi) is 6.24. The molecule has 0 radical (unpaired) electrons. The Balaban J connectivity index is 1.96. The predicted octanol–water partition coefficient (Wildman–Crippen LogP) is 3.07. The summed E-state index contributed by atoms with van der Waals surface area (Å²) in [5, 5.41) is 2.48. The zero-order valence-electron chi connectivity index (χ0n) is 14.4. The molecule has 1 unspecified atom stereocenters. The maximum absolute atomic E-state index is 10.7. The van der Waals surface area contributed by atoms with Crippen LogP contribution in [0.3, 0.4) is 0 Å². The maximum atomic E-state index is 10.7. The molecule has 0 saturated heterocycles. The number of benzene rings is 1. The summed E-state index contributed by atoms with van der Waals surface area (Å²) in [6, 6.07) is 9.93. The number of primary amides is 1. The lowest BCUT2D eigenvalue weighted by Gasteiger charge is -2.10. The lowest BCUT2D eigenvalue weighted by Crippen LogP contribution is -2.35. The summed E-state index contributed by atoms with van der Waals surface area (Å²) >= 11 is 0. The van der Waals surface area contributed by atoms with Gasteiger partial charge < -0.3 is 20.5 Å². The van der Waals surface area contributed by atoms with E-state index in [9.17, 15) is 4.79 Å². The van der Waals surface area contributed by atoms with Crippen molar-refractivity contribution in [3.63, 3.8) is 0 Å². The summed E-state index contributed by atoms with van der Waals surface area (Å²) in [7, 11) is 0. The van der Waals surface area contributed by atoms with Crippen LogP contribution in [0.2, 0.25) is 0 Å². The number of pyridine rings is 1. The molecule has 0 saturated carbocycles. The Morgan fingerprint density at radius 2 is 1.80 bits per heavy atom. The quantitative estimate of drug-likeness (QED) is 0.820. The van der Waals surface area contributed by atoms with Crippen molar-refractivity contribution in [1.82, 2.24) is 10.3 Å². The summed E-state index contributed by atoms with van der Waals surface area (Å²) in [4.78, 5) is 14.9. The van der Waals surface area contributed by atoms with Gasteiger partial charge in [-0.15, -0.1) is 0 Å². The number of carbonyl (C=O) groups excluding carboxylic acids is 1. The van der Waals surface area contributed by atoms with Crippen LogP contribution in [0, 0.1) is 11.8 Å². The van der Waals surface area contributed by atoms with Crippen molar-refractivity contribution in [3.8, 4) is 29.2 Å². The van der Waals surface area contributed by atoms with Crippen molar-refractivity contribution in [2.45, 2.75) is 32.9 Å². The molecule has 2 amide bonds. The molecule has 1 heterocycles. The van der Waals surface area contributed by atoms with Crippen molar-refractivity contribution in [2.75, 3.05) is 0 Å². The number of carbonyl (C=O) groups is 1. The molecule has 2 rings (SSSR count). The standard InChI is InChI=1S/C19H21N3O3/c1-13(2)24-16-7-9-17(10-8-16)25-18-11-6-15(12-21-18)5-4-14(3)22-19(20)23/h6-14H,1-3H3,(H3,20,22,23). The van der Waals surface area contributed by atoms with Crippen molar-refractivity contribution >= 4 is 6.03 Å². The molecule has 1 atom stereocenters. The molecule has 0 aliphatic rings. The van der Waals surface area contributed by atoms with E-state index in [2.05, 4.69) is 22.1 Å². The van der Waals surface area contributed by atoms with E-state index >= 15 is 0 Å². The van der Waals surface area contributed by atoms with Crippen LogP contribution in [0.25, 0.3) is 0 Å². The highest BCUT2D eigenvalue weighted by atomic mass is 16.5. The van der Waals surface area contributed by atoms with E-state index in [1.54, 1.807) is 25.3 Å². The minimum atomic E-state index is -0.603. The first-order valence-corrected chi connectivity index (χ1v) is 7.90. The number of rotatable bonds is 5. The maximum Gasteiger partial charge on any atom is 0.313 e. The molecule has 0 spiro atoms. The molecule has 3 N–H and O–H groups in total. The van der Waals surface area contributed by atoms with E-state index in [4.69, 9.17) is 15.2 Å². The first-order valence-electron chi connectivity index (χ1n) is 7.90. The monoisotopic (exact) mass is 339 g/mol. The van der Waals surface area contributed by atoms with E-state index in [0.717, 1.165) is 5.75 Å².